The van der Waals surface area contributed by atoms with Gasteiger partial charge < -0.3 is 4.42 Å². The van der Waals surface area contributed by atoms with Gasteiger partial charge in [-0.3, -0.25) is 15.1 Å². The molecule has 0 bridgehead atoms. The number of aromatic amines is 1. The molecule has 6 nitrogen and oxygen atoms in total. The number of rotatable bonds is 3. The van der Waals surface area contributed by atoms with Gasteiger partial charge in [-0.2, -0.15) is 0 Å². The van der Waals surface area contributed by atoms with Gasteiger partial charge in [0.15, 0.2) is 10.7 Å². The number of H-pyrrole nitrogens is 1. The molecule has 0 fully saturated rings. The Morgan fingerprint density at radius 1 is 1.20 bits per heavy atom. The number of carbonyl (C=O) groups excluding carboxylic acids is 1. The van der Waals surface area contributed by atoms with Crippen molar-refractivity contribution in [2.75, 3.05) is 5.32 Å². The van der Waals surface area contributed by atoms with E-state index >= 15 is 0 Å². The highest BCUT2D eigenvalue weighted by Gasteiger charge is 2.11. The van der Waals surface area contributed by atoms with Crippen molar-refractivity contribution in [2.24, 2.45) is 0 Å². The number of amides is 1. The van der Waals surface area contributed by atoms with E-state index in [1.165, 1.54) is 11.3 Å². The van der Waals surface area contributed by atoms with Crippen molar-refractivity contribution in [3.63, 3.8) is 0 Å². The molecule has 2 N–H and O–H groups in total. The highest BCUT2D eigenvalue weighted by atomic mass is 79.9. The molecule has 0 unspecified atom stereocenters. The maximum absolute atomic E-state index is 12.2. The molecule has 124 valence electrons. The van der Waals surface area contributed by atoms with Gasteiger partial charge in [-0.25, -0.2) is 9.78 Å². The van der Waals surface area contributed by atoms with Gasteiger partial charge in [0, 0.05) is 21.0 Å². The number of aromatic nitrogens is 2. The molecule has 0 spiro atoms. The van der Waals surface area contributed by atoms with Crippen LogP contribution in [0, 0.1) is 0 Å². The molecule has 25 heavy (non-hydrogen) atoms. The predicted molar refractivity (Wildman–Crippen MR) is 100 cm³/mol. The molecule has 0 saturated heterocycles. The molecule has 2 heterocycles. The monoisotopic (exact) mass is 415 g/mol. The first-order valence-corrected chi connectivity index (χ1v) is 8.91. The normalized spacial score (nSPS) is 10.9. The van der Waals surface area contributed by atoms with Crippen LogP contribution in [-0.4, -0.2) is 15.9 Å². The lowest BCUT2D eigenvalue weighted by atomic mass is 10.1. The first-order valence-electron chi connectivity index (χ1n) is 7.24. The van der Waals surface area contributed by atoms with Crippen LogP contribution in [0.25, 0.3) is 22.4 Å². The zero-order chi connectivity index (χ0) is 17.4. The van der Waals surface area contributed by atoms with Gasteiger partial charge in [-0.15, -0.1) is 11.3 Å². The number of hydrogen-bond donors (Lipinski definition) is 2. The van der Waals surface area contributed by atoms with Gasteiger partial charge in [-0.05, 0) is 42.5 Å². The lowest BCUT2D eigenvalue weighted by Crippen LogP contribution is -2.11. The first-order chi connectivity index (χ1) is 12.1. The zero-order valence-corrected chi connectivity index (χ0v) is 15.0. The molecule has 0 radical (unpaired) electrons. The summed E-state index contributed by atoms with van der Waals surface area (Å²) in [4.78, 5) is 30.5. The van der Waals surface area contributed by atoms with Crippen molar-refractivity contribution in [3.8, 4) is 11.3 Å². The molecule has 2 aromatic carbocycles. The molecule has 0 aliphatic rings. The zero-order valence-electron chi connectivity index (χ0n) is 12.6. The Morgan fingerprint density at radius 2 is 2.00 bits per heavy atom. The average Bonchev–Trinajstić information content (AvgIpc) is 3.20. The summed E-state index contributed by atoms with van der Waals surface area (Å²) in [5.41, 5.74) is 3.19. The summed E-state index contributed by atoms with van der Waals surface area (Å²) in [5.74, 6) is -0.712. The maximum atomic E-state index is 12.2. The summed E-state index contributed by atoms with van der Waals surface area (Å²) in [6, 6.07) is 12.4. The second kappa shape index (κ2) is 6.30. The van der Waals surface area contributed by atoms with Crippen LogP contribution in [0.4, 0.5) is 5.13 Å². The minimum atomic E-state index is -0.493. The lowest BCUT2D eigenvalue weighted by Gasteiger charge is -2.01. The summed E-state index contributed by atoms with van der Waals surface area (Å²) in [6.45, 7) is 0. The third-order valence-corrected chi connectivity index (χ3v) is 4.83. The molecule has 0 aliphatic heterocycles. The third kappa shape index (κ3) is 3.26. The molecule has 0 atom stereocenters. The molecule has 0 saturated carbocycles. The Hall–Kier alpha value is -2.71. The highest BCUT2D eigenvalue weighted by Crippen LogP contribution is 2.27. The van der Waals surface area contributed by atoms with Crippen LogP contribution in [0.5, 0.6) is 0 Å². The highest BCUT2D eigenvalue weighted by molar-refractivity contribution is 9.10. The fourth-order valence-electron chi connectivity index (χ4n) is 2.35. The summed E-state index contributed by atoms with van der Waals surface area (Å²) >= 11 is 4.67. The quantitative estimate of drug-likeness (QED) is 0.523. The minimum absolute atomic E-state index is 0.219. The Balaban J connectivity index is 1.57. The van der Waals surface area contributed by atoms with Crippen LogP contribution in [0.15, 0.2) is 61.5 Å². The fourth-order valence-corrected chi connectivity index (χ4v) is 3.32. The van der Waals surface area contributed by atoms with Crippen LogP contribution in [0.1, 0.15) is 10.4 Å². The second-order valence-electron chi connectivity index (χ2n) is 5.22. The van der Waals surface area contributed by atoms with Gasteiger partial charge in [0.1, 0.15) is 0 Å². The summed E-state index contributed by atoms with van der Waals surface area (Å²) in [7, 11) is 0. The number of halogens is 1. The summed E-state index contributed by atoms with van der Waals surface area (Å²) in [5, 5.41) is 5.13. The number of hydrogen-bond acceptors (Lipinski definition) is 5. The largest absolute Gasteiger partial charge is 0.417 e. The summed E-state index contributed by atoms with van der Waals surface area (Å²) < 4.78 is 5.90. The van der Waals surface area contributed by atoms with Gasteiger partial charge in [0.05, 0.1) is 11.2 Å². The van der Waals surface area contributed by atoms with Crippen LogP contribution in [0.3, 0.4) is 0 Å². The van der Waals surface area contributed by atoms with E-state index in [1.807, 2.05) is 23.6 Å². The molecule has 4 rings (SSSR count). The number of thiazole rings is 1. The predicted octanol–water partition coefficient (Wildman–Crippen LogP) is 4.26. The van der Waals surface area contributed by atoms with E-state index in [9.17, 15) is 9.59 Å². The Morgan fingerprint density at radius 3 is 2.80 bits per heavy atom. The SMILES string of the molecule is O=C(Nc1nc(-c2ccc3oc(=O)[nH]c3c2)cs1)c1ccc(Br)cc1. The molecule has 1 amide bonds. The van der Waals surface area contributed by atoms with Gasteiger partial charge in [-0.1, -0.05) is 15.9 Å². The third-order valence-electron chi connectivity index (χ3n) is 3.55. The van der Waals surface area contributed by atoms with Crippen LogP contribution >= 0.6 is 27.3 Å². The second-order valence-corrected chi connectivity index (χ2v) is 7.00. The van der Waals surface area contributed by atoms with Gasteiger partial charge >= 0.3 is 5.76 Å². The van der Waals surface area contributed by atoms with E-state index in [0.717, 1.165) is 10.0 Å². The van der Waals surface area contributed by atoms with Crippen LogP contribution in [-0.2, 0) is 0 Å². The average molecular weight is 416 g/mol. The Kier molecular flexibility index (Phi) is 3.98. The number of nitrogens with zero attached hydrogens (tertiary/aromatic N) is 1. The van der Waals surface area contributed by atoms with Gasteiger partial charge in [0.2, 0.25) is 0 Å². The van der Waals surface area contributed by atoms with Crippen molar-refractivity contribution in [1.29, 1.82) is 0 Å². The van der Waals surface area contributed by atoms with E-state index in [-0.39, 0.29) is 5.91 Å². The summed E-state index contributed by atoms with van der Waals surface area (Å²) in [6.07, 6.45) is 0. The van der Waals surface area contributed by atoms with E-state index in [2.05, 4.69) is 31.2 Å². The molecule has 8 heteroatoms. The molecular weight excluding hydrogens is 406 g/mol. The van der Waals surface area contributed by atoms with E-state index in [4.69, 9.17) is 4.42 Å². The van der Waals surface area contributed by atoms with Crippen molar-refractivity contribution < 1.29 is 9.21 Å². The van der Waals surface area contributed by atoms with Crippen molar-refractivity contribution in [3.05, 3.63) is 68.4 Å². The molecule has 4 aromatic rings. The maximum Gasteiger partial charge on any atom is 0.417 e. The van der Waals surface area contributed by atoms with Crippen LogP contribution in [0.2, 0.25) is 0 Å². The van der Waals surface area contributed by atoms with E-state index in [1.54, 1.807) is 24.3 Å². The van der Waals surface area contributed by atoms with Crippen molar-refractivity contribution in [1.82, 2.24) is 9.97 Å². The van der Waals surface area contributed by atoms with Crippen molar-refractivity contribution >= 4 is 49.4 Å². The number of benzene rings is 2. The first kappa shape index (κ1) is 15.8. The molecule has 0 aliphatic carbocycles. The molecular formula is C17H10BrN3O3S. The van der Waals surface area contributed by atoms with Gasteiger partial charge in [0.25, 0.3) is 5.91 Å². The minimum Gasteiger partial charge on any atom is -0.408 e. The van der Waals surface area contributed by atoms with E-state index < -0.39 is 5.76 Å². The number of oxazole rings is 1. The number of anilines is 1. The fraction of sp³-hybridized carbons (Fsp3) is 0. The van der Waals surface area contributed by atoms with Crippen LogP contribution < -0.4 is 11.1 Å². The lowest BCUT2D eigenvalue weighted by molar-refractivity contribution is 0.102. The Labute approximate surface area is 153 Å². The van der Waals surface area contributed by atoms with E-state index in [0.29, 0.717) is 27.5 Å². The number of fused-ring (bicyclic) bond motifs is 1. The number of carbonyl (C=O) groups is 1. The standard InChI is InChI=1S/C17H10BrN3O3S/c18-11-4-1-9(2-5-11)15(22)21-16-19-13(8-25-16)10-3-6-14-12(7-10)20-17(23)24-14/h1-8H,(H,20,23)(H,19,21,22). The number of nitrogens with one attached hydrogen (secondary N) is 2. The smallest absolute Gasteiger partial charge is 0.408 e. The topological polar surface area (TPSA) is 88.0 Å². The molecule has 2 aromatic heterocycles. The van der Waals surface area contributed by atoms with Crippen molar-refractivity contribution in [2.45, 2.75) is 0 Å². The Bertz CT molecular complexity index is 1130.